The first kappa shape index (κ1) is 14.4. The topological polar surface area (TPSA) is 111 Å². The van der Waals surface area contributed by atoms with Crippen molar-refractivity contribution in [1.82, 2.24) is 20.1 Å². The van der Waals surface area contributed by atoms with Crippen molar-refractivity contribution in [3.05, 3.63) is 29.8 Å². The van der Waals surface area contributed by atoms with Crippen LogP contribution in [0.4, 0.5) is 5.82 Å². The summed E-state index contributed by atoms with van der Waals surface area (Å²) in [7, 11) is 0. The van der Waals surface area contributed by atoms with Gasteiger partial charge >= 0.3 is 0 Å². The fourth-order valence-corrected chi connectivity index (χ4v) is 2.57. The molecule has 1 aliphatic heterocycles. The van der Waals surface area contributed by atoms with Gasteiger partial charge in [-0.1, -0.05) is 19.0 Å². The Morgan fingerprint density at radius 1 is 1.45 bits per heavy atom. The Hall–Kier alpha value is -2.51. The van der Waals surface area contributed by atoms with Crippen LogP contribution in [0.2, 0.25) is 0 Å². The maximum atomic E-state index is 11.1. The van der Waals surface area contributed by atoms with Crippen LogP contribution in [0.3, 0.4) is 0 Å². The van der Waals surface area contributed by atoms with Crippen LogP contribution in [0, 0.1) is 0 Å². The zero-order chi connectivity index (χ0) is 15.7. The zero-order valence-electron chi connectivity index (χ0n) is 12.6. The summed E-state index contributed by atoms with van der Waals surface area (Å²) in [5, 5.41) is 3.61. The number of amides is 1. The Morgan fingerprint density at radius 2 is 2.27 bits per heavy atom. The minimum atomic E-state index is -0.691. The molecule has 1 fully saturated rings. The third-order valence-electron chi connectivity index (χ3n) is 3.67. The molecule has 0 aliphatic carbocycles. The molecule has 22 heavy (non-hydrogen) atoms. The molecule has 8 heteroatoms. The lowest BCUT2D eigenvalue weighted by Gasteiger charge is -2.23. The largest absolute Gasteiger partial charge is 0.363 e. The molecule has 116 valence electrons. The van der Waals surface area contributed by atoms with Gasteiger partial charge in [0.2, 0.25) is 5.89 Å². The molecule has 0 radical (unpaired) electrons. The van der Waals surface area contributed by atoms with Gasteiger partial charge in [0, 0.05) is 18.7 Å². The maximum absolute atomic E-state index is 11.1. The van der Waals surface area contributed by atoms with E-state index < -0.39 is 5.91 Å². The van der Waals surface area contributed by atoms with Crippen molar-refractivity contribution in [2.75, 3.05) is 11.4 Å². The Kier molecular flexibility index (Phi) is 3.74. The van der Waals surface area contributed by atoms with Crippen molar-refractivity contribution in [3.63, 3.8) is 0 Å². The highest BCUT2D eigenvalue weighted by Gasteiger charge is 2.32. The van der Waals surface area contributed by atoms with Gasteiger partial charge < -0.3 is 15.2 Å². The van der Waals surface area contributed by atoms with Crippen LogP contribution in [-0.2, 0) is 0 Å². The first-order chi connectivity index (χ1) is 10.6. The number of hydrogen-bond acceptors (Lipinski definition) is 7. The van der Waals surface area contributed by atoms with E-state index in [9.17, 15) is 4.79 Å². The van der Waals surface area contributed by atoms with E-state index in [4.69, 9.17) is 10.3 Å². The van der Waals surface area contributed by atoms with E-state index in [-0.39, 0.29) is 17.8 Å². The Morgan fingerprint density at radius 3 is 2.95 bits per heavy atom. The first-order valence-corrected chi connectivity index (χ1v) is 7.29. The first-order valence-electron chi connectivity index (χ1n) is 7.29. The molecule has 0 bridgehead atoms. The van der Waals surface area contributed by atoms with Gasteiger partial charge in [0.05, 0.1) is 0 Å². The molecule has 8 nitrogen and oxygen atoms in total. The second kappa shape index (κ2) is 5.70. The minimum Gasteiger partial charge on any atom is -0.363 e. The van der Waals surface area contributed by atoms with Crippen molar-refractivity contribution in [3.8, 4) is 0 Å². The molecule has 0 spiro atoms. The number of nitrogens with two attached hydrogens (primary N) is 1. The number of carbonyl (C=O) groups excluding carboxylic acids is 1. The molecule has 3 rings (SSSR count). The number of nitrogens with zero attached hydrogens (tertiary/aromatic N) is 5. The van der Waals surface area contributed by atoms with Gasteiger partial charge in [-0.25, -0.2) is 9.97 Å². The number of primary amides is 1. The maximum Gasteiger partial charge on any atom is 0.290 e. The van der Waals surface area contributed by atoms with E-state index in [1.807, 2.05) is 6.07 Å². The van der Waals surface area contributed by atoms with Gasteiger partial charge in [0.15, 0.2) is 0 Å². The molecular formula is C14H18N6O2. The van der Waals surface area contributed by atoms with Crippen molar-refractivity contribution in [2.24, 2.45) is 5.73 Å². The molecule has 3 heterocycles. The average molecular weight is 302 g/mol. The molecule has 0 aromatic carbocycles. The van der Waals surface area contributed by atoms with E-state index in [2.05, 4.69) is 38.9 Å². The standard InChI is InChI=1S/C14H18N6O2/c1-8(2)12-16-6-5-10(17-12)20-7-3-4-9(20)14-18-13(11(15)21)19-22-14/h5-6,8-9H,3-4,7H2,1-2H3,(H2,15,21)/t9-/m1/s1. The van der Waals surface area contributed by atoms with Crippen molar-refractivity contribution in [1.29, 1.82) is 0 Å². The molecular weight excluding hydrogens is 284 g/mol. The van der Waals surface area contributed by atoms with Crippen LogP contribution in [0.25, 0.3) is 0 Å². The number of rotatable bonds is 4. The van der Waals surface area contributed by atoms with Crippen molar-refractivity contribution >= 4 is 11.7 Å². The summed E-state index contributed by atoms with van der Waals surface area (Å²) in [5.41, 5.74) is 5.17. The predicted molar refractivity (Wildman–Crippen MR) is 78.3 cm³/mol. The lowest BCUT2D eigenvalue weighted by Crippen LogP contribution is -2.24. The number of aromatic nitrogens is 4. The van der Waals surface area contributed by atoms with Crippen molar-refractivity contribution < 1.29 is 9.32 Å². The normalized spacial score (nSPS) is 18.1. The predicted octanol–water partition coefficient (Wildman–Crippen LogP) is 1.42. The fraction of sp³-hybridized carbons (Fsp3) is 0.500. The summed E-state index contributed by atoms with van der Waals surface area (Å²) < 4.78 is 5.19. The van der Waals surface area contributed by atoms with E-state index in [0.29, 0.717) is 5.89 Å². The van der Waals surface area contributed by atoms with Gasteiger partial charge in [0.1, 0.15) is 17.7 Å². The van der Waals surface area contributed by atoms with Crippen LogP contribution in [0.15, 0.2) is 16.8 Å². The molecule has 2 N–H and O–H groups in total. The van der Waals surface area contributed by atoms with Gasteiger partial charge in [0.25, 0.3) is 11.7 Å². The summed E-state index contributed by atoms with van der Waals surface area (Å²) in [6, 6.07) is 1.78. The molecule has 2 aromatic heterocycles. The summed E-state index contributed by atoms with van der Waals surface area (Å²) >= 11 is 0. The number of hydrogen-bond donors (Lipinski definition) is 1. The van der Waals surface area contributed by atoms with E-state index in [1.165, 1.54) is 0 Å². The third kappa shape index (κ3) is 2.63. The molecule has 2 aromatic rings. The van der Waals surface area contributed by atoms with Crippen LogP contribution in [-0.4, -0.2) is 32.6 Å². The number of anilines is 1. The fourth-order valence-electron chi connectivity index (χ4n) is 2.57. The zero-order valence-corrected chi connectivity index (χ0v) is 12.6. The van der Waals surface area contributed by atoms with E-state index in [0.717, 1.165) is 31.0 Å². The monoisotopic (exact) mass is 302 g/mol. The number of carbonyl (C=O) groups is 1. The SMILES string of the molecule is CC(C)c1nccc(N2CCC[C@@H]2c2nc(C(N)=O)no2)n1. The highest BCUT2D eigenvalue weighted by Crippen LogP contribution is 2.34. The highest BCUT2D eigenvalue weighted by atomic mass is 16.5. The van der Waals surface area contributed by atoms with Crippen LogP contribution in [0.5, 0.6) is 0 Å². The van der Waals surface area contributed by atoms with Crippen LogP contribution < -0.4 is 10.6 Å². The lowest BCUT2D eigenvalue weighted by atomic mass is 10.2. The molecule has 1 atom stereocenters. The minimum absolute atomic E-state index is 0.0875. The molecule has 0 unspecified atom stereocenters. The smallest absolute Gasteiger partial charge is 0.290 e. The molecule has 0 saturated carbocycles. The average Bonchev–Trinajstić information content (AvgIpc) is 3.16. The van der Waals surface area contributed by atoms with E-state index >= 15 is 0 Å². The Balaban J connectivity index is 1.89. The Labute approximate surface area is 127 Å². The molecule has 1 aliphatic rings. The second-order valence-electron chi connectivity index (χ2n) is 5.60. The molecule has 1 saturated heterocycles. The van der Waals surface area contributed by atoms with Crippen LogP contribution in [0.1, 0.15) is 61.0 Å². The van der Waals surface area contributed by atoms with Gasteiger partial charge in [-0.3, -0.25) is 4.79 Å². The van der Waals surface area contributed by atoms with Crippen molar-refractivity contribution in [2.45, 2.75) is 38.6 Å². The highest BCUT2D eigenvalue weighted by molar-refractivity contribution is 5.88. The summed E-state index contributed by atoms with van der Waals surface area (Å²) in [6.07, 6.45) is 3.61. The van der Waals surface area contributed by atoms with Crippen LogP contribution >= 0.6 is 0 Å². The molecule has 1 amide bonds. The third-order valence-corrected chi connectivity index (χ3v) is 3.67. The quantitative estimate of drug-likeness (QED) is 0.909. The van der Waals surface area contributed by atoms with Gasteiger partial charge in [-0.15, -0.1) is 0 Å². The summed E-state index contributed by atoms with van der Waals surface area (Å²) in [6.45, 7) is 4.95. The summed E-state index contributed by atoms with van der Waals surface area (Å²) in [5.74, 6) is 1.50. The van der Waals surface area contributed by atoms with Gasteiger partial charge in [-0.2, -0.15) is 4.98 Å². The second-order valence-corrected chi connectivity index (χ2v) is 5.60. The van der Waals surface area contributed by atoms with Gasteiger partial charge in [-0.05, 0) is 18.9 Å². The Bertz CT molecular complexity index is 683. The summed E-state index contributed by atoms with van der Waals surface area (Å²) in [4.78, 5) is 26.2. The van der Waals surface area contributed by atoms with E-state index in [1.54, 1.807) is 6.20 Å². The lowest BCUT2D eigenvalue weighted by molar-refractivity contribution is 0.0987.